The summed E-state index contributed by atoms with van der Waals surface area (Å²) in [5.41, 5.74) is 7.87. The molecule has 11 heteroatoms. The minimum atomic E-state index is -0.637. The zero-order valence-electron chi connectivity index (χ0n) is 23.7. The number of carbonyl (C=O) groups excluding carboxylic acids is 2. The molecule has 6 rings (SSSR count). The molecule has 0 radical (unpaired) electrons. The molecule has 11 nitrogen and oxygen atoms in total. The summed E-state index contributed by atoms with van der Waals surface area (Å²) in [5.74, 6) is 1.07. The van der Waals surface area contributed by atoms with Crippen LogP contribution >= 0.6 is 0 Å². The fraction of sp³-hybridized carbons (Fsp3) is 0.567. The summed E-state index contributed by atoms with van der Waals surface area (Å²) < 4.78 is 0. The fourth-order valence-electron chi connectivity index (χ4n) is 6.83. The molecule has 3 atom stereocenters. The van der Waals surface area contributed by atoms with Gasteiger partial charge in [-0.1, -0.05) is 12.1 Å². The number of rotatable bonds is 7. The Hall–Kier alpha value is -3.91. The minimum Gasteiger partial charge on any atom is -0.364 e. The number of likely N-dealkylation sites (tertiary alicyclic amines) is 1. The van der Waals surface area contributed by atoms with Gasteiger partial charge in [0.1, 0.15) is 5.82 Å². The first-order chi connectivity index (χ1) is 19.9. The van der Waals surface area contributed by atoms with Gasteiger partial charge in [-0.25, -0.2) is 14.8 Å². The summed E-state index contributed by atoms with van der Waals surface area (Å²) in [6.07, 6.45) is 7.88. The molecule has 0 spiro atoms. The van der Waals surface area contributed by atoms with Crippen molar-refractivity contribution in [2.24, 2.45) is 11.7 Å². The summed E-state index contributed by atoms with van der Waals surface area (Å²) in [5, 5.41) is 12.6. The molecule has 1 saturated carbocycles. The largest absolute Gasteiger partial charge is 0.364 e. The van der Waals surface area contributed by atoms with Gasteiger partial charge in [0.15, 0.2) is 11.5 Å². The van der Waals surface area contributed by atoms with Gasteiger partial charge in [0, 0.05) is 45.0 Å². The van der Waals surface area contributed by atoms with Crippen LogP contribution in [0.25, 0.3) is 0 Å². The highest BCUT2D eigenvalue weighted by atomic mass is 16.2. The number of likely N-dealkylation sites (N-methyl/N-ethyl adjacent to an activating group) is 1. The zero-order valence-corrected chi connectivity index (χ0v) is 23.7. The first kappa shape index (κ1) is 27.3. The van der Waals surface area contributed by atoms with Crippen molar-refractivity contribution in [1.29, 1.82) is 5.26 Å². The standard InChI is InChI=1S/C30H39N9O2/c1-36-15-16-39(30(36)41)24-3-2-12-38(19-24)26-18-33-27(28(32)40)29(35-26)34-23-7-4-20(5-8-23)21-10-13-37(14-11-21)25-9-6-22(25)17-31/h4-5,7-8,18,21-22,24-25H,2-3,6,9-16,19H2,1H3,(H2,32,40)(H,34,35). The number of benzene rings is 1. The number of urea groups is 1. The van der Waals surface area contributed by atoms with Crippen molar-refractivity contribution >= 4 is 29.3 Å². The molecule has 216 valence electrons. The Morgan fingerprint density at radius 3 is 2.46 bits per heavy atom. The molecule has 1 aromatic carbocycles. The number of amides is 3. The van der Waals surface area contributed by atoms with Crippen LogP contribution in [0.1, 0.15) is 60.5 Å². The number of hydrogen-bond acceptors (Lipinski definition) is 8. The lowest BCUT2D eigenvalue weighted by Gasteiger charge is -2.44. The number of piperidine rings is 2. The molecule has 2 aromatic rings. The van der Waals surface area contributed by atoms with Crippen molar-refractivity contribution in [3.05, 3.63) is 41.7 Å². The predicted molar refractivity (Wildman–Crippen MR) is 156 cm³/mol. The van der Waals surface area contributed by atoms with Crippen molar-refractivity contribution in [2.75, 3.05) is 56.5 Å². The molecule has 3 N–H and O–H groups in total. The Balaban J connectivity index is 1.12. The maximum Gasteiger partial charge on any atom is 0.320 e. The average Bonchev–Trinajstić information content (AvgIpc) is 3.31. The van der Waals surface area contributed by atoms with E-state index in [0.717, 1.165) is 76.9 Å². The molecule has 1 aliphatic carbocycles. The van der Waals surface area contributed by atoms with Crippen LogP contribution in [0.3, 0.4) is 0 Å². The lowest BCUT2D eigenvalue weighted by molar-refractivity contribution is 0.0667. The van der Waals surface area contributed by atoms with E-state index in [9.17, 15) is 14.9 Å². The highest BCUT2D eigenvalue weighted by Gasteiger charge is 2.37. The number of carbonyl (C=O) groups is 2. The van der Waals surface area contributed by atoms with Crippen molar-refractivity contribution < 1.29 is 9.59 Å². The van der Waals surface area contributed by atoms with Crippen LogP contribution in [0, 0.1) is 17.2 Å². The van der Waals surface area contributed by atoms with Crippen molar-refractivity contribution in [3.63, 3.8) is 0 Å². The molecule has 3 amide bonds. The van der Waals surface area contributed by atoms with E-state index in [1.54, 1.807) is 11.1 Å². The van der Waals surface area contributed by atoms with Gasteiger partial charge in [-0.15, -0.1) is 0 Å². The zero-order chi connectivity index (χ0) is 28.5. The molecule has 0 bridgehead atoms. The van der Waals surface area contributed by atoms with Crippen LogP contribution in [0.4, 0.5) is 22.1 Å². The molecule has 3 unspecified atom stereocenters. The normalized spacial score (nSPS) is 25.6. The van der Waals surface area contributed by atoms with Crippen LogP contribution in [0.2, 0.25) is 0 Å². The Labute approximate surface area is 241 Å². The van der Waals surface area contributed by atoms with Gasteiger partial charge in [0.25, 0.3) is 5.91 Å². The molecule has 41 heavy (non-hydrogen) atoms. The minimum absolute atomic E-state index is 0.0781. The van der Waals surface area contributed by atoms with E-state index in [0.29, 0.717) is 30.1 Å². The maximum absolute atomic E-state index is 12.6. The second-order valence-electron chi connectivity index (χ2n) is 11.9. The quantitative estimate of drug-likeness (QED) is 0.530. The summed E-state index contributed by atoms with van der Waals surface area (Å²) >= 11 is 0. The number of nitriles is 1. The fourth-order valence-corrected chi connectivity index (χ4v) is 6.83. The number of primary amides is 1. The van der Waals surface area contributed by atoms with Gasteiger partial charge >= 0.3 is 6.03 Å². The SMILES string of the molecule is CN1CCN(C2CCCN(c3cnc(C(N)=O)c(Nc4ccc(C5CCN(C6CCC6C#N)CC5)cc4)n3)C2)C1=O. The maximum atomic E-state index is 12.6. The lowest BCUT2D eigenvalue weighted by Crippen LogP contribution is -2.49. The second kappa shape index (κ2) is 11.5. The van der Waals surface area contributed by atoms with Crippen molar-refractivity contribution in [2.45, 2.75) is 56.5 Å². The van der Waals surface area contributed by atoms with Crippen LogP contribution < -0.4 is 16.0 Å². The Morgan fingerprint density at radius 1 is 1.05 bits per heavy atom. The number of hydrogen-bond donors (Lipinski definition) is 2. The molecular formula is C30H39N9O2. The van der Waals surface area contributed by atoms with Gasteiger partial charge in [-0.2, -0.15) is 5.26 Å². The molecular weight excluding hydrogens is 518 g/mol. The van der Waals surface area contributed by atoms with Crippen LogP contribution in [-0.2, 0) is 0 Å². The summed E-state index contributed by atoms with van der Waals surface area (Å²) in [4.78, 5) is 42.3. The molecule has 3 saturated heterocycles. The third-order valence-corrected chi connectivity index (χ3v) is 9.45. The van der Waals surface area contributed by atoms with Gasteiger partial charge in [-0.05, 0) is 75.2 Å². The first-order valence-electron chi connectivity index (χ1n) is 14.9. The van der Waals surface area contributed by atoms with E-state index >= 15 is 0 Å². The number of nitrogens with two attached hydrogens (primary N) is 1. The Morgan fingerprint density at radius 2 is 1.83 bits per heavy atom. The highest BCUT2D eigenvalue weighted by molar-refractivity contribution is 5.96. The lowest BCUT2D eigenvalue weighted by atomic mass is 9.78. The first-order valence-corrected chi connectivity index (χ1v) is 14.9. The second-order valence-corrected chi connectivity index (χ2v) is 11.9. The van der Waals surface area contributed by atoms with E-state index < -0.39 is 5.91 Å². The smallest absolute Gasteiger partial charge is 0.320 e. The molecule has 4 aliphatic rings. The molecule has 4 heterocycles. The number of aromatic nitrogens is 2. The number of anilines is 3. The van der Waals surface area contributed by atoms with Crippen LogP contribution in [-0.4, -0.2) is 95.0 Å². The van der Waals surface area contributed by atoms with Crippen LogP contribution in [0.15, 0.2) is 30.5 Å². The topological polar surface area (TPSA) is 135 Å². The summed E-state index contributed by atoms with van der Waals surface area (Å²) in [7, 11) is 1.84. The molecule has 4 fully saturated rings. The van der Waals surface area contributed by atoms with E-state index in [4.69, 9.17) is 10.7 Å². The monoisotopic (exact) mass is 557 g/mol. The third kappa shape index (κ3) is 5.53. The van der Waals surface area contributed by atoms with Gasteiger partial charge < -0.3 is 25.8 Å². The third-order valence-electron chi connectivity index (χ3n) is 9.45. The number of nitrogens with zero attached hydrogens (tertiary/aromatic N) is 7. The highest BCUT2D eigenvalue weighted by Crippen LogP contribution is 2.37. The van der Waals surface area contributed by atoms with Gasteiger partial charge in [0.05, 0.1) is 24.2 Å². The van der Waals surface area contributed by atoms with E-state index in [1.165, 1.54) is 5.56 Å². The summed E-state index contributed by atoms with van der Waals surface area (Å²) in [6.45, 7) is 5.05. The number of nitrogens with one attached hydrogen (secondary N) is 1. The van der Waals surface area contributed by atoms with Crippen molar-refractivity contribution in [3.8, 4) is 6.07 Å². The van der Waals surface area contributed by atoms with E-state index in [-0.39, 0.29) is 23.7 Å². The predicted octanol–water partition coefficient (Wildman–Crippen LogP) is 3.14. The van der Waals surface area contributed by atoms with E-state index in [1.807, 2.05) is 24.1 Å². The average molecular weight is 558 g/mol. The Kier molecular flexibility index (Phi) is 7.67. The van der Waals surface area contributed by atoms with Gasteiger partial charge in [0.2, 0.25) is 0 Å². The molecule has 3 aliphatic heterocycles. The summed E-state index contributed by atoms with van der Waals surface area (Å²) in [6, 6.07) is 11.4. The van der Waals surface area contributed by atoms with Gasteiger partial charge in [-0.3, -0.25) is 9.69 Å². The van der Waals surface area contributed by atoms with Crippen LogP contribution in [0.5, 0.6) is 0 Å². The molecule has 1 aromatic heterocycles. The van der Waals surface area contributed by atoms with Crippen molar-refractivity contribution in [1.82, 2.24) is 24.7 Å². The Bertz CT molecular complexity index is 1320. The van der Waals surface area contributed by atoms with E-state index in [2.05, 4.69) is 38.3 Å².